The summed E-state index contributed by atoms with van der Waals surface area (Å²) in [4.78, 5) is 12.1. The first-order valence-electron chi connectivity index (χ1n) is 5.60. The van der Waals surface area contributed by atoms with Crippen LogP contribution in [0.3, 0.4) is 0 Å². The first kappa shape index (κ1) is 13.5. The van der Waals surface area contributed by atoms with Crippen LogP contribution in [-0.4, -0.2) is 5.91 Å². The maximum Gasteiger partial charge on any atom is 0.257 e. The molecule has 19 heavy (non-hydrogen) atoms. The molecule has 0 aliphatic rings. The van der Waals surface area contributed by atoms with Crippen molar-refractivity contribution in [1.82, 2.24) is 0 Å². The third-order valence-corrected chi connectivity index (χ3v) is 3.27. The summed E-state index contributed by atoms with van der Waals surface area (Å²) in [7, 11) is 0. The number of carbonyl (C=O) groups excluding carboxylic acids is 1. The van der Waals surface area contributed by atoms with E-state index in [2.05, 4.69) is 21.2 Å². The lowest BCUT2D eigenvalue weighted by Crippen LogP contribution is -2.15. The zero-order valence-electron chi connectivity index (χ0n) is 10.2. The largest absolute Gasteiger partial charge is 0.398 e. The molecule has 0 heterocycles. The maximum atomic E-state index is 13.4. The van der Waals surface area contributed by atoms with E-state index in [1.54, 1.807) is 37.3 Å². The van der Waals surface area contributed by atoms with Gasteiger partial charge in [-0.05, 0) is 37.3 Å². The number of nitrogens with one attached hydrogen (secondary N) is 1. The standard InChI is InChI=1S/C14H12BrFN2O/c1-8-11(16)3-2-4-13(8)18-14(19)10-7-9(15)5-6-12(10)17/h2-7H,17H2,1H3,(H,18,19). The molecule has 2 rings (SSSR count). The number of amides is 1. The van der Waals surface area contributed by atoms with Gasteiger partial charge in [-0.25, -0.2) is 4.39 Å². The fourth-order valence-electron chi connectivity index (χ4n) is 1.66. The van der Waals surface area contributed by atoms with E-state index in [1.165, 1.54) is 6.07 Å². The Hall–Kier alpha value is -1.88. The van der Waals surface area contributed by atoms with Gasteiger partial charge in [-0.3, -0.25) is 4.79 Å². The van der Waals surface area contributed by atoms with Crippen LogP contribution in [0.25, 0.3) is 0 Å². The summed E-state index contributed by atoms with van der Waals surface area (Å²) in [6.07, 6.45) is 0. The Kier molecular flexibility index (Phi) is 3.85. The molecular formula is C14H12BrFN2O. The highest BCUT2D eigenvalue weighted by Crippen LogP contribution is 2.22. The van der Waals surface area contributed by atoms with E-state index in [1.807, 2.05) is 0 Å². The van der Waals surface area contributed by atoms with E-state index in [0.29, 0.717) is 22.5 Å². The van der Waals surface area contributed by atoms with Gasteiger partial charge in [0.2, 0.25) is 0 Å². The molecule has 2 aromatic rings. The minimum Gasteiger partial charge on any atom is -0.398 e. The van der Waals surface area contributed by atoms with Crippen LogP contribution in [0, 0.1) is 12.7 Å². The predicted molar refractivity (Wildman–Crippen MR) is 77.6 cm³/mol. The van der Waals surface area contributed by atoms with Gasteiger partial charge in [0, 0.05) is 21.4 Å². The van der Waals surface area contributed by atoms with Crippen LogP contribution in [-0.2, 0) is 0 Å². The van der Waals surface area contributed by atoms with E-state index < -0.39 is 0 Å². The molecule has 3 nitrogen and oxygen atoms in total. The summed E-state index contributed by atoms with van der Waals surface area (Å²) in [6, 6.07) is 9.54. The number of halogens is 2. The van der Waals surface area contributed by atoms with Crippen molar-refractivity contribution in [2.24, 2.45) is 0 Å². The van der Waals surface area contributed by atoms with E-state index in [4.69, 9.17) is 5.73 Å². The van der Waals surface area contributed by atoms with Crippen molar-refractivity contribution in [3.63, 3.8) is 0 Å². The van der Waals surface area contributed by atoms with Gasteiger partial charge in [0.05, 0.1) is 5.56 Å². The fourth-order valence-corrected chi connectivity index (χ4v) is 2.02. The second-order valence-corrected chi connectivity index (χ2v) is 5.01. The molecule has 3 N–H and O–H groups in total. The molecule has 2 aromatic carbocycles. The van der Waals surface area contributed by atoms with Crippen molar-refractivity contribution in [3.05, 3.63) is 57.8 Å². The quantitative estimate of drug-likeness (QED) is 0.828. The lowest BCUT2D eigenvalue weighted by molar-refractivity contribution is 0.102. The highest BCUT2D eigenvalue weighted by molar-refractivity contribution is 9.10. The predicted octanol–water partition coefficient (Wildman–Crippen LogP) is 3.73. The lowest BCUT2D eigenvalue weighted by Gasteiger charge is -2.10. The number of hydrogen-bond acceptors (Lipinski definition) is 2. The summed E-state index contributed by atoms with van der Waals surface area (Å²) in [5.41, 5.74) is 7.30. The average Bonchev–Trinajstić information content (AvgIpc) is 2.38. The second-order valence-electron chi connectivity index (χ2n) is 4.10. The first-order valence-corrected chi connectivity index (χ1v) is 6.40. The van der Waals surface area contributed by atoms with Crippen molar-refractivity contribution in [2.75, 3.05) is 11.1 Å². The molecule has 0 aliphatic heterocycles. The average molecular weight is 323 g/mol. The van der Waals surface area contributed by atoms with E-state index in [9.17, 15) is 9.18 Å². The Morgan fingerprint density at radius 1 is 1.32 bits per heavy atom. The van der Waals surface area contributed by atoms with Crippen molar-refractivity contribution in [2.45, 2.75) is 6.92 Å². The first-order chi connectivity index (χ1) is 8.99. The molecular weight excluding hydrogens is 311 g/mol. The Balaban J connectivity index is 2.31. The Morgan fingerprint density at radius 3 is 2.79 bits per heavy atom. The molecule has 5 heteroatoms. The van der Waals surface area contributed by atoms with Gasteiger partial charge in [-0.15, -0.1) is 0 Å². The summed E-state index contributed by atoms with van der Waals surface area (Å²) in [5.74, 6) is -0.729. The molecule has 98 valence electrons. The van der Waals surface area contributed by atoms with Gasteiger partial charge in [0.25, 0.3) is 5.91 Å². The second kappa shape index (κ2) is 5.40. The highest BCUT2D eigenvalue weighted by Gasteiger charge is 2.12. The molecule has 0 spiro atoms. The number of rotatable bonds is 2. The summed E-state index contributed by atoms with van der Waals surface area (Å²) >= 11 is 3.28. The third kappa shape index (κ3) is 2.93. The van der Waals surface area contributed by atoms with E-state index in [-0.39, 0.29) is 11.7 Å². The molecule has 0 fully saturated rings. The number of benzene rings is 2. The summed E-state index contributed by atoms with van der Waals surface area (Å²) in [6.45, 7) is 1.61. The monoisotopic (exact) mass is 322 g/mol. The van der Waals surface area contributed by atoms with Crippen LogP contribution >= 0.6 is 15.9 Å². The zero-order valence-corrected chi connectivity index (χ0v) is 11.8. The molecule has 0 atom stereocenters. The topological polar surface area (TPSA) is 55.1 Å². The van der Waals surface area contributed by atoms with Crippen LogP contribution < -0.4 is 11.1 Å². The number of carbonyl (C=O) groups is 1. The third-order valence-electron chi connectivity index (χ3n) is 2.78. The van der Waals surface area contributed by atoms with Gasteiger partial charge < -0.3 is 11.1 Å². The molecule has 0 saturated carbocycles. The van der Waals surface area contributed by atoms with Crippen LogP contribution in [0.15, 0.2) is 40.9 Å². The van der Waals surface area contributed by atoms with E-state index in [0.717, 1.165) is 4.47 Å². The molecule has 0 radical (unpaired) electrons. The summed E-state index contributed by atoms with van der Waals surface area (Å²) < 4.78 is 14.1. The lowest BCUT2D eigenvalue weighted by atomic mass is 10.1. The number of anilines is 2. The van der Waals surface area contributed by atoms with Crippen LogP contribution in [0.5, 0.6) is 0 Å². The minimum absolute atomic E-state index is 0.345. The Bertz CT molecular complexity index is 643. The minimum atomic E-state index is -0.368. The SMILES string of the molecule is Cc1c(F)cccc1NC(=O)c1cc(Br)ccc1N. The maximum absolute atomic E-state index is 13.4. The molecule has 0 bridgehead atoms. The van der Waals surface area contributed by atoms with Gasteiger partial charge in [0.15, 0.2) is 0 Å². The van der Waals surface area contributed by atoms with E-state index >= 15 is 0 Å². The van der Waals surface area contributed by atoms with Gasteiger partial charge >= 0.3 is 0 Å². The number of nitrogens with two attached hydrogens (primary N) is 1. The number of hydrogen-bond donors (Lipinski definition) is 2. The van der Waals surface area contributed by atoms with Gasteiger partial charge in [-0.2, -0.15) is 0 Å². The fraction of sp³-hybridized carbons (Fsp3) is 0.0714. The van der Waals surface area contributed by atoms with Crippen molar-refractivity contribution >= 4 is 33.2 Å². The summed E-state index contributed by atoms with van der Waals surface area (Å²) in [5, 5.41) is 2.66. The Labute approximate surface area is 118 Å². The van der Waals surface area contributed by atoms with Crippen molar-refractivity contribution < 1.29 is 9.18 Å². The van der Waals surface area contributed by atoms with Crippen LogP contribution in [0.4, 0.5) is 15.8 Å². The normalized spacial score (nSPS) is 10.3. The van der Waals surface area contributed by atoms with Gasteiger partial charge in [0.1, 0.15) is 5.82 Å². The van der Waals surface area contributed by atoms with Crippen molar-refractivity contribution in [3.8, 4) is 0 Å². The van der Waals surface area contributed by atoms with Crippen LogP contribution in [0.1, 0.15) is 15.9 Å². The number of nitrogen functional groups attached to an aromatic ring is 1. The molecule has 1 amide bonds. The van der Waals surface area contributed by atoms with Gasteiger partial charge in [-0.1, -0.05) is 22.0 Å². The van der Waals surface area contributed by atoms with Crippen LogP contribution in [0.2, 0.25) is 0 Å². The Morgan fingerprint density at radius 2 is 2.05 bits per heavy atom. The zero-order chi connectivity index (χ0) is 14.0. The molecule has 0 saturated heterocycles. The molecule has 0 aliphatic carbocycles. The van der Waals surface area contributed by atoms with Crippen molar-refractivity contribution in [1.29, 1.82) is 0 Å². The smallest absolute Gasteiger partial charge is 0.257 e. The highest BCUT2D eigenvalue weighted by atomic mass is 79.9. The molecule has 0 unspecified atom stereocenters. The molecule has 0 aromatic heterocycles.